The summed E-state index contributed by atoms with van der Waals surface area (Å²) in [6.07, 6.45) is 7.25. The fourth-order valence-electron chi connectivity index (χ4n) is 2.87. The molecule has 150 valence electrons. The lowest BCUT2D eigenvalue weighted by molar-refractivity contribution is -0.138. The summed E-state index contributed by atoms with van der Waals surface area (Å²) in [5.74, 6) is 0.490. The maximum absolute atomic E-state index is 12.4. The highest BCUT2D eigenvalue weighted by molar-refractivity contribution is 5.91. The number of hydrogen-bond donors (Lipinski definition) is 2. The van der Waals surface area contributed by atoms with Gasteiger partial charge in [0.2, 0.25) is 0 Å². The van der Waals surface area contributed by atoms with Gasteiger partial charge in [-0.3, -0.25) is 9.59 Å². The maximum Gasteiger partial charge on any atom is 0.314 e. The molecule has 0 radical (unpaired) electrons. The number of carbonyl (C=O) groups excluding carboxylic acids is 1. The number of H-pyrrole nitrogens is 1. The van der Waals surface area contributed by atoms with Crippen LogP contribution in [0, 0.1) is 5.92 Å². The van der Waals surface area contributed by atoms with Crippen LogP contribution < -0.4 is 4.74 Å². The van der Waals surface area contributed by atoms with Crippen LogP contribution in [-0.4, -0.2) is 48.1 Å². The molecule has 1 aromatic carbocycles. The minimum absolute atomic E-state index is 0.0593. The Labute approximate surface area is 161 Å². The number of unbranched alkanes of at least 4 members (excludes halogenated alkanes) is 2. The van der Waals surface area contributed by atoms with Gasteiger partial charge in [-0.2, -0.15) is 0 Å². The van der Waals surface area contributed by atoms with Gasteiger partial charge in [0.1, 0.15) is 5.75 Å². The van der Waals surface area contributed by atoms with Crippen molar-refractivity contribution in [1.82, 2.24) is 9.88 Å². The fraction of sp³-hybridized carbons (Fsp3) is 0.524. The molecule has 1 heterocycles. The van der Waals surface area contributed by atoms with Gasteiger partial charge < -0.3 is 19.7 Å². The number of carboxylic acid groups (broad SMARTS) is 1. The predicted molar refractivity (Wildman–Crippen MR) is 108 cm³/mol. The Morgan fingerprint density at radius 3 is 2.67 bits per heavy atom. The number of aromatic nitrogens is 1. The van der Waals surface area contributed by atoms with Gasteiger partial charge in [-0.1, -0.05) is 39.2 Å². The molecule has 0 fully saturated rings. The monoisotopic (exact) mass is 376 g/mol. The second-order valence-electron chi connectivity index (χ2n) is 6.97. The molecule has 0 aliphatic heterocycles. The van der Waals surface area contributed by atoms with Gasteiger partial charge in [0, 0.05) is 23.6 Å². The summed E-state index contributed by atoms with van der Waals surface area (Å²) in [4.78, 5) is 26.2. The van der Waals surface area contributed by atoms with Crippen molar-refractivity contribution in [2.45, 2.75) is 46.0 Å². The van der Waals surface area contributed by atoms with Crippen molar-refractivity contribution in [2.75, 3.05) is 20.6 Å². The van der Waals surface area contributed by atoms with Crippen LogP contribution in [0.3, 0.4) is 0 Å². The summed E-state index contributed by atoms with van der Waals surface area (Å²) >= 11 is 0. The minimum Gasteiger partial charge on any atom is -0.483 e. The summed E-state index contributed by atoms with van der Waals surface area (Å²) in [7, 11) is 4.13. The molecule has 6 heteroatoms. The molecule has 1 aromatic heterocycles. The van der Waals surface area contributed by atoms with E-state index in [9.17, 15) is 4.79 Å². The van der Waals surface area contributed by atoms with Crippen LogP contribution >= 0.6 is 0 Å². The van der Waals surface area contributed by atoms with Crippen molar-refractivity contribution in [3.8, 4) is 5.75 Å². The lowest BCUT2D eigenvalue weighted by atomic mass is 10.0. The summed E-state index contributed by atoms with van der Waals surface area (Å²) in [5, 5.41) is 7.92. The summed E-state index contributed by atoms with van der Waals surface area (Å²) in [6.45, 7) is 4.84. The number of nitrogens with one attached hydrogen (secondary N) is 1. The van der Waals surface area contributed by atoms with Crippen molar-refractivity contribution in [1.29, 1.82) is 0 Å². The van der Waals surface area contributed by atoms with Crippen molar-refractivity contribution in [2.24, 2.45) is 5.92 Å². The molecule has 6 nitrogen and oxygen atoms in total. The molecule has 0 saturated carbocycles. The molecule has 0 saturated heterocycles. The molecule has 1 unspecified atom stereocenters. The van der Waals surface area contributed by atoms with Gasteiger partial charge in [0.25, 0.3) is 6.47 Å². The standard InChI is InChI=1S/C20H30N2O2.CH2O2/c1-5-6-7-9-15(2)20(23)24-18-11-8-10-17-19(18)16(14-21-17)12-13-22(3)4;2-1-3/h8,10-11,14-15,21H,5-7,9,12-13H2,1-4H3;1H,(H,2,3). The SMILES string of the molecule is CCCCCC(C)C(=O)Oc1cccc2[nH]cc(CCN(C)C)c12.O=CO. The molecule has 27 heavy (non-hydrogen) atoms. The van der Waals surface area contributed by atoms with E-state index in [2.05, 4.69) is 30.9 Å². The van der Waals surface area contributed by atoms with Crippen molar-refractivity contribution in [3.05, 3.63) is 30.0 Å². The number of aromatic amines is 1. The quantitative estimate of drug-likeness (QED) is 0.298. The van der Waals surface area contributed by atoms with E-state index in [0.717, 1.165) is 36.7 Å². The van der Waals surface area contributed by atoms with E-state index >= 15 is 0 Å². The van der Waals surface area contributed by atoms with Crippen LogP contribution in [0.25, 0.3) is 10.9 Å². The smallest absolute Gasteiger partial charge is 0.314 e. The van der Waals surface area contributed by atoms with E-state index in [4.69, 9.17) is 14.6 Å². The van der Waals surface area contributed by atoms with Crippen LogP contribution in [0.5, 0.6) is 5.75 Å². The largest absolute Gasteiger partial charge is 0.483 e. The summed E-state index contributed by atoms with van der Waals surface area (Å²) in [6, 6.07) is 5.85. The highest BCUT2D eigenvalue weighted by Gasteiger charge is 2.18. The van der Waals surface area contributed by atoms with Gasteiger partial charge >= 0.3 is 5.97 Å². The van der Waals surface area contributed by atoms with Gasteiger partial charge in [-0.25, -0.2) is 0 Å². The number of benzene rings is 1. The van der Waals surface area contributed by atoms with E-state index in [1.54, 1.807) is 0 Å². The Balaban J connectivity index is 0.00000114. The third-order valence-electron chi connectivity index (χ3n) is 4.43. The first-order chi connectivity index (χ1) is 12.9. The average molecular weight is 376 g/mol. The number of esters is 1. The minimum atomic E-state index is -0.250. The molecular weight excluding hydrogens is 344 g/mol. The Kier molecular flexibility index (Phi) is 10.2. The Morgan fingerprint density at radius 2 is 2.04 bits per heavy atom. The Bertz CT molecular complexity index is 709. The number of ether oxygens (including phenoxy) is 1. The normalized spacial score (nSPS) is 11.7. The number of likely N-dealkylation sites (N-methyl/N-ethyl adjacent to an activating group) is 1. The fourth-order valence-corrected chi connectivity index (χ4v) is 2.87. The van der Waals surface area contributed by atoms with E-state index in [1.807, 2.05) is 31.3 Å². The van der Waals surface area contributed by atoms with Crippen LogP contribution in [0.2, 0.25) is 0 Å². The lowest BCUT2D eigenvalue weighted by Crippen LogP contribution is -2.18. The van der Waals surface area contributed by atoms with Gasteiger partial charge in [0.15, 0.2) is 0 Å². The Hall–Kier alpha value is -2.34. The third kappa shape index (κ3) is 7.43. The zero-order valence-corrected chi connectivity index (χ0v) is 16.8. The third-order valence-corrected chi connectivity index (χ3v) is 4.43. The molecular formula is C21H32N2O4. The van der Waals surface area contributed by atoms with Gasteiger partial charge in [-0.05, 0) is 44.6 Å². The molecule has 0 bridgehead atoms. The van der Waals surface area contributed by atoms with Crippen LogP contribution in [0.4, 0.5) is 0 Å². The highest BCUT2D eigenvalue weighted by Crippen LogP contribution is 2.30. The zero-order valence-electron chi connectivity index (χ0n) is 16.8. The maximum atomic E-state index is 12.4. The molecule has 0 spiro atoms. The molecule has 0 amide bonds. The van der Waals surface area contributed by atoms with Crippen molar-refractivity contribution in [3.63, 3.8) is 0 Å². The molecule has 0 aliphatic carbocycles. The first-order valence-electron chi connectivity index (χ1n) is 9.47. The summed E-state index contributed by atoms with van der Waals surface area (Å²) < 4.78 is 5.75. The summed E-state index contributed by atoms with van der Waals surface area (Å²) in [5.41, 5.74) is 2.22. The van der Waals surface area contributed by atoms with E-state index < -0.39 is 0 Å². The first-order valence-corrected chi connectivity index (χ1v) is 9.47. The van der Waals surface area contributed by atoms with E-state index in [1.165, 1.54) is 18.4 Å². The molecule has 2 rings (SSSR count). The number of fused-ring (bicyclic) bond motifs is 1. The molecule has 1 atom stereocenters. The van der Waals surface area contributed by atoms with Gasteiger partial charge in [0.05, 0.1) is 5.92 Å². The van der Waals surface area contributed by atoms with Crippen LogP contribution in [-0.2, 0) is 16.0 Å². The van der Waals surface area contributed by atoms with E-state index in [0.29, 0.717) is 5.75 Å². The van der Waals surface area contributed by atoms with Crippen LogP contribution in [0.1, 0.15) is 45.1 Å². The van der Waals surface area contributed by atoms with Crippen molar-refractivity contribution >= 4 is 23.3 Å². The van der Waals surface area contributed by atoms with Crippen LogP contribution in [0.15, 0.2) is 24.4 Å². The zero-order chi connectivity index (χ0) is 20.2. The number of nitrogens with zero attached hydrogens (tertiary/aromatic N) is 1. The van der Waals surface area contributed by atoms with E-state index in [-0.39, 0.29) is 18.4 Å². The lowest BCUT2D eigenvalue weighted by Gasteiger charge is -2.13. The van der Waals surface area contributed by atoms with Gasteiger partial charge in [-0.15, -0.1) is 0 Å². The number of carbonyl (C=O) groups is 2. The topological polar surface area (TPSA) is 82.6 Å². The second kappa shape index (κ2) is 12.1. The second-order valence-corrected chi connectivity index (χ2v) is 6.97. The highest BCUT2D eigenvalue weighted by atomic mass is 16.5. The number of rotatable bonds is 9. The average Bonchev–Trinajstić information content (AvgIpc) is 3.05. The van der Waals surface area contributed by atoms with Crippen molar-refractivity contribution < 1.29 is 19.4 Å². The Morgan fingerprint density at radius 1 is 1.33 bits per heavy atom. The predicted octanol–water partition coefficient (Wildman–Crippen LogP) is 4.09. The molecule has 0 aliphatic rings. The molecule has 2 aromatic rings. The first kappa shape index (κ1) is 22.7. The molecule has 2 N–H and O–H groups in total. The number of hydrogen-bond acceptors (Lipinski definition) is 4.